The lowest BCUT2D eigenvalue weighted by molar-refractivity contribution is -0.144. The molecule has 0 radical (unpaired) electrons. The lowest BCUT2D eigenvalue weighted by Gasteiger charge is -2.29. The Morgan fingerprint density at radius 3 is 1.39 bits per heavy atom. The molecule has 43 nitrogen and oxygen atoms in total. The molecule has 0 bridgehead atoms. The summed E-state index contributed by atoms with van der Waals surface area (Å²) in [7, 11) is 1.00. The van der Waals surface area contributed by atoms with Gasteiger partial charge in [-0.25, -0.2) is 4.79 Å². The molecule has 2 aromatic rings. The number of carboxylic acid groups (broad SMARTS) is 5. The van der Waals surface area contributed by atoms with Crippen LogP contribution in [0.5, 0.6) is 0 Å². The second-order valence-corrected chi connectivity index (χ2v) is 28.0. The van der Waals surface area contributed by atoms with E-state index in [1.807, 2.05) is 5.32 Å². The van der Waals surface area contributed by atoms with Gasteiger partial charge in [-0.15, -0.1) is 0 Å². The number of aliphatic hydroxyl groups is 1. The van der Waals surface area contributed by atoms with Crippen LogP contribution in [0.1, 0.15) is 169 Å². The standard InChI is InChI=1S/C72H111N17O26/c1-8-36(3)18-12-10-11-13-22-53(93)79-46(28-40-33-76-42-20-15-14-19-41(40)42)67(109)82-44(23-25-56(96)97)65(107)85-48(30-52(75)92)70(112)88-61(39(6)90)71(113)89(7)35-55(95)78-38(5)62(104)84-50(32-59(102)103)69(111)81-43(21-16-17-27-73)64(106)86-49(31-58(100)101)63(105)77-34-54(94)80-47(29-51(74)91)68(110)83-45(24-26-57(98)99)66(108)87-60(72(114)115)37(4)9-2/h14-15,19-20,33,36-39,43-50,60-61,76,90H,8-13,16-18,21-32,34-35,73H2,1-7H3,(H2,74,91)(H2,75,92)(H,77,105)(H,78,95)(H,79,93)(H,80,94)(H,81,111)(H,82,109)(H,83,110)(H,84,104)(H,85,107)(H,86,106)(H,87,108)(H,88,112)(H,96,97)(H,98,99)(H,100,101)(H,102,103)(H,114,115)/t36?,37-,38-,39+,43+,44+,45-,46-,47+,48-,49-,50-,60-,61-/m0/s1. The van der Waals surface area contributed by atoms with Gasteiger partial charge < -0.3 is 122 Å². The van der Waals surface area contributed by atoms with Crippen molar-refractivity contribution in [1.29, 1.82) is 0 Å². The minimum Gasteiger partial charge on any atom is -0.481 e. The van der Waals surface area contributed by atoms with Crippen molar-refractivity contribution in [3.63, 3.8) is 0 Å². The van der Waals surface area contributed by atoms with Crippen LogP contribution >= 0.6 is 0 Å². The molecule has 25 N–H and O–H groups in total. The van der Waals surface area contributed by atoms with E-state index in [1.165, 1.54) is 6.92 Å². The fourth-order valence-electron chi connectivity index (χ4n) is 11.4. The number of carbonyl (C=O) groups is 20. The van der Waals surface area contributed by atoms with Gasteiger partial charge >= 0.3 is 29.8 Å². The zero-order chi connectivity index (χ0) is 86.9. The summed E-state index contributed by atoms with van der Waals surface area (Å²) in [5, 5.41) is 86.4. The van der Waals surface area contributed by atoms with Crippen molar-refractivity contribution in [3.8, 4) is 0 Å². The maximum Gasteiger partial charge on any atom is 0.326 e. The smallest absolute Gasteiger partial charge is 0.326 e. The minimum atomic E-state index is -2.08. The lowest BCUT2D eigenvalue weighted by atomic mass is 9.98. The molecular weight excluding hydrogens is 1520 g/mol. The highest BCUT2D eigenvalue weighted by molar-refractivity contribution is 6.02. The van der Waals surface area contributed by atoms with Crippen molar-refractivity contribution < 1.29 is 127 Å². The highest BCUT2D eigenvalue weighted by atomic mass is 16.4. The number of primary amides is 2. The molecule has 0 aliphatic carbocycles. The first-order valence-electron chi connectivity index (χ1n) is 37.5. The molecule has 1 aromatic heterocycles. The number of carbonyl (C=O) groups excluding carboxylic acids is 15. The van der Waals surface area contributed by atoms with Crippen LogP contribution in [0.3, 0.4) is 0 Å². The number of aliphatic hydroxyl groups excluding tert-OH is 1. The zero-order valence-corrected chi connectivity index (χ0v) is 65.3. The minimum absolute atomic E-state index is 0.0241. The van der Waals surface area contributed by atoms with Crippen LogP contribution in [0.25, 0.3) is 10.9 Å². The first-order valence-corrected chi connectivity index (χ1v) is 37.5. The maximum absolute atomic E-state index is 14.3. The third kappa shape index (κ3) is 37.5. The molecule has 640 valence electrons. The number of nitrogens with two attached hydrogens (primary N) is 3. The summed E-state index contributed by atoms with van der Waals surface area (Å²) in [5.74, 6) is -25.6. The molecule has 14 atom stereocenters. The van der Waals surface area contributed by atoms with Gasteiger partial charge in [-0.2, -0.15) is 0 Å². The van der Waals surface area contributed by atoms with Crippen molar-refractivity contribution in [1.82, 2.24) is 73.7 Å². The molecule has 0 aliphatic heterocycles. The Bertz CT molecular complexity index is 3760. The average Bonchev–Trinajstić information content (AvgIpc) is 1.76. The molecule has 1 heterocycles. The predicted molar refractivity (Wildman–Crippen MR) is 404 cm³/mol. The number of hydrogen-bond donors (Lipinski definition) is 22. The molecular formula is C72H111N17O26. The summed E-state index contributed by atoms with van der Waals surface area (Å²) in [6.45, 7) is 7.38. The van der Waals surface area contributed by atoms with Gasteiger partial charge in [-0.3, -0.25) is 91.1 Å². The Morgan fingerprint density at radius 2 is 0.887 bits per heavy atom. The van der Waals surface area contributed by atoms with E-state index in [1.54, 1.807) is 37.4 Å². The van der Waals surface area contributed by atoms with Gasteiger partial charge in [0.15, 0.2) is 0 Å². The molecule has 0 saturated heterocycles. The second-order valence-electron chi connectivity index (χ2n) is 28.0. The summed E-state index contributed by atoms with van der Waals surface area (Å²) >= 11 is 0. The number of carboxylic acids is 5. The number of fused-ring (bicyclic) bond motifs is 1. The molecule has 15 amide bonds. The summed E-state index contributed by atoms with van der Waals surface area (Å²) < 4.78 is 0. The monoisotopic (exact) mass is 1630 g/mol. The van der Waals surface area contributed by atoms with Gasteiger partial charge in [-0.05, 0) is 82.4 Å². The topological polar surface area (TPSA) is 704 Å². The van der Waals surface area contributed by atoms with Crippen LogP contribution in [0.2, 0.25) is 0 Å². The van der Waals surface area contributed by atoms with Crippen molar-refractivity contribution in [3.05, 3.63) is 36.0 Å². The van der Waals surface area contributed by atoms with Crippen LogP contribution in [0, 0.1) is 11.8 Å². The Morgan fingerprint density at radius 1 is 0.443 bits per heavy atom. The molecule has 43 heteroatoms. The largest absolute Gasteiger partial charge is 0.481 e. The number of amides is 15. The SMILES string of the molecule is CCC(C)CCCCCCC(=O)N[C@@H](Cc1c[nH]c2ccccc12)C(=O)N[C@H](CCC(=O)O)C(=O)N[C@@H](CC(N)=O)C(=O)N[C@H](C(=O)N(C)CC(=O)N[C@@H](C)C(=O)N[C@@H](CC(=O)O)C(=O)N[C@H](CCCCN)C(=O)N[C@@H](CC(=O)O)C(=O)NCC(=O)N[C@H](CC(N)=O)C(=O)N[C@@H](CCC(=O)O)C(=O)N[C@H](C(=O)O)[C@@H](C)CC)[C@@H](C)O. The van der Waals surface area contributed by atoms with Crippen LogP contribution in [0.4, 0.5) is 0 Å². The summed E-state index contributed by atoms with van der Waals surface area (Å²) in [6, 6.07) is -12.8. The van der Waals surface area contributed by atoms with Gasteiger partial charge in [0.05, 0.1) is 44.9 Å². The van der Waals surface area contributed by atoms with E-state index in [2.05, 4.69) is 77.3 Å². The van der Waals surface area contributed by atoms with Gasteiger partial charge in [0.25, 0.3) is 0 Å². The van der Waals surface area contributed by atoms with Gasteiger partial charge in [-0.1, -0.05) is 84.4 Å². The Balaban J connectivity index is 2.29. The molecule has 0 spiro atoms. The lowest BCUT2D eigenvalue weighted by Crippen LogP contribution is -2.61. The van der Waals surface area contributed by atoms with E-state index in [0.717, 1.165) is 53.0 Å². The number of nitrogens with one attached hydrogen (secondary N) is 13. The fourth-order valence-corrected chi connectivity index (χ4v) is 11.4. The third-order valence-electron chi connectivity index (χ3n) is 18.3. The third-order valence-corrected chi connectivity index (χ3v) is 18.3. The maximum atomic E-state index is 14.3. The highest BCUT2D eigenvalue weighted by Gasteiger charge is 2.39. The first kappa shape index (κ1) is 99.2. The Labute approximate surface area is 661 Å². The van der Waals surface area contributed by atoms with E-state index >= 15 is 0 Å². The normalized spacial score (nSPS) is 14.7. The molecule has 1 unspecified atom stereocenters. The van der Waals surface area contributed by atoms with Crippen LogP contribution in [-0.2, 0) is 102 Å². The van der Waals surface area contributed by atoms with E-state index in [0.29, 0.717) is 33.7 Å². The highest BCUT2D eigenvalue weighted by Crippen LogP contribution is 2.21. The van der Waals surface area contributed by atoms with Crippen molar-refractivity contribution >= 4 is 129 Å². The van der Waals surface area contributed by atoms with Gasteiger partial charge in [0, 0.05) is 49.8 Å². The second kappa shape index (κ2) is 50.9. The number of unbranched alkanes of at least 4 members (excludes halogenated alkanes) is 4. The number of rotatable bonds is 57. The summed E-state index contributed by atoms with van der Waals surface area (Å²) in [6.07, 6.45) is -1.95. The molecule has 1 aromatic carbocycles. The zero-order valence-electron chi connectivity index (χ0n) is 65.3. The molecule has 0 fully saturated rings. The number of benzene rings is 1. The predicted octanol–water partition coefficient (Wildman–Crippen LogP) is -4.91. The van der Waals surface area contributed by atoms with Crippen molar-refractivity contribution in [2.45, 2.75) is 243 Å². The summed E-state index contributed by atoms with van der Waals surface area (Å²) in [4.78, 5) is 266. The number of aromatic nitrogens is 1. The number of para-hydroxylation sites is 1. The number of aliphatic carboxylic acids is 5. The molecule has 2 rings (SSSR count). The fraction of sp³-hybridized carbons (Fsp3) is 0.611. The average molecular weight is 1630 g/mol. The van der Waals surface area contributed by atoms with E-state index in [4.69, 9.17) is 17.2 Å². The van der Waals surface area contributed by atoms with E-state index in [-0.39, 0.29) is 45.1 Å². The first-order chi connectivity index (χ1) is 54.0. The Kier molecular flexibility index (Phi) is 43.9. The number of likely N-dealkylation sites (N-methyl/N-ethyl adjacent to an activating group) is 1. The van der Waals surface area contributed by atoms with Crippen molar-refractivity contribution in [2.75, 3.05) is 26.7 Å². The molecule has 115 heavy (non-hydrogen) atoms. The Hall–Kier alpha value is -11.9. The van der Waals surface area contributed by atoms with E-state index < -0.39 is 261 Å². The number of H-pyrrole nitrogens is 1. The van der Waals surface area contributed by atoms with Crippen LogP contribution in [0.15, 0.2) is 30.5 Å². The van der Waals surface area contributed by atoms with E-state index in [9.17, 15) is 127 Å². The van der Waals surface area contributed by atoms with Crippen LogP contribution in [-0.4, -0.2) is 258 Å². The number of aromatic amines is 1. The van der Waals surface area contributed by atoms with Crippen LogP contribution < -0.4 is 81.0 Å². The van der Waals surface area contributed by atoms with Gasteiger partial charge in [0.1, 0.15) is 66.5 Å². The number of hydrogen-bond acceptors (Lipinski definition) is 22. The molecule has 0 saturated carbocycles. The van der Waals surface area contributed by atoms with Gasteiger partial charge in [0.2, 0.25) is 88.6 Å². The van der Waals surface area contributed by atoms with Crippen molar-refractivity contribution in [2.24, 2.45) is 29.0 Å². The summed E-state index contributed by atoms with van der Waals surface area (Å²) in [5.41, 5.74) is 17.7. The number of nitrogens with zero attached hydrogens (tertiary/aromatic N) is 1. The molecule has 0 aliphatic rings. The quantitative estimate of drug-likeness (QED) is 0.0276.